The van der Waals surface area contributed by atoms with Crippen molar-refractivity contribution in [2.24, 2.45) is 12.8 Å². The van der Waals surface area contributed by atoms with E-state index in [1.807, 2.05) is 18.7 Å². The van der Waals surface area contributed by atoms with E-state index in [1.165, 1.54) is 10.6 Å². The van der Waals surface area contributed by atoms with E-state index in [4.69, 9.17) is 5.73 Å². The molecule has 0 aliphatic carbocycles. The summed E-state index contributed by atoms with van der Waals surface area (Å²) in [5.74, 6) is 0. The van der Waals surface area contributed by atoms with Gasteiger partial charge in [-0.2, -0.15) is 5.10 Å². The molecule has 1 aromatic heterocycles. The summed E-state index contributed by atoms with van der Waals surface area (Å²) in [6.45, 7) is 2.73. The first-order valence-corrected chi connectivity index (χ1v) is 5.19. The van der Waals surface area contributed by atoms with Crippen molar-refractivity contribution in [3.8, 4) is 0 Å². The molecule has 0 unspecified atom stereocenters. The predicted molar refractivity (Wildman–Crippen MR) is 52.5 cm³/mol. The minimum Gasteiger partial charge on any atom is -0.330 e. The molecule has 0 saturated carbocycles. The first kappa shape index (κ1) is 9.61. The summed E-state index contributed by atoms with van der Waals surface area (Å²) in [7, 11) is 1.97. The molecule has 0 fully saturated rings. The third-order valence-electron chi connectivity index (χ3n) is 1.88. The zero-order valence-corrected chi connectivity index (χ0v) is 8.61. The topological polar surface area (TPSA) is 43.8 Å². The van der Waals surface area contributed by atoms with Crippen LogP contribution in [0.25, 0.3) is 0 Å². The molecule has 1 aromatic rings. The number of rotatable bonds is 3. The molecule has 0 amide bonds. The molecular weight excluding hydrogens is 170 g/mol. The van der Waals surface area contributed by atoms with Gasteiger partial charge >= 0.3 is 0 Å². The average Bonchev–Trinajstić information content (AvgIpc) is 2.28. The van der Waals surface area contributed by atoms with Gasteiger partial charge in [-0.3, -0.25) is 4.68 Å². The van der Waals surface area contributed by atoms with Gasteiger partial charge in [0, 0.05) is 12.6 Å². The molecule has 0 aliphatic heterocycles. The largest absolute Gasteiger partial charge is 0.330 e. The Hall–Kier alpha value is -0.480. The van der Waals surface area contributed by atoms with Crippen LogP contribution in [-0.2, 0) is 13.5 Å². The third-order valence-corrected chi connectivity index (χ3v) is 2.77. The molecule has 0 atom stereocenters. The van der Waals surface area contributed by atoms with Gasteiger partial charge in [0.05, 0.1) is 10.7 Å². The lowest BCUT2D eigenvalue weighted by Gasteiger charge is -2.00. The van der Waals surface area contributed by atoms with Crippen molar-refractivity contribution in [2.45, 2.75) is 18.4 Å². The Morgan fingerprint density at radius 2 is 2.25 bits per heavy atom. The fraction of sp³-hybridized carbons (Fsp3) is 0.625. The van der Waals surface area contributed by atoms with Crippen LogP contribution in [0.1, 0.15) is 11.3 Å². The molecule has 4 heteroatoms. The second-order valence-electron chi connectivity index (χ2n) is 2.74. The number of hydrogen-bond donors (Lipinski definition) is 1. The Morgan fingerprint density at radius 3 is 2.75 bits per heavy atom. The smallest absolute Gasteiger partial charge is 0.0969 e. The van der Waals surface area contributed by atoms with Crippen LogP contribution in [-0.4, -0.2) is 22.6 Å². The van der Waals surface area contributed by atoms with Gasteiger partial charge in [-0.05, 0) is 26.1 Å². The SMILES string of the molecule is CSc1c(CCN)c(C)nn1C. The van der Waals surface area contributed by atoms with Crippen molar-refractivity contribution < 1.29 is 0 Å². The van der Waals surface area contributed by atoms with Crippen molar-refractivity contribution in [3.05, 3.63) is 11.3 Å². The minimum atomic E-state index is 0.695. The summed E-state index contributed by atoms with van der Waals surface area (Å²) in [5.41, 5.74) is 7.92. The second kappa shape index (κ2) is 3.96. The first-order chi connectivity index (χ1) is 5.70. The summed E-state index contributed by atoms with van der Waals surface area (Å²) < 4.78 is 1.92. The maximum Gasteiger partial charge on any atom is 0.0969 e. The van der Waals surface area contributed by atoms with E-state index in [9.17, 15) is 0 Å². The van der Waals surface area contributed by atoms with E-state index >= 15 is 0 Å². The average molecular weight is 185 g/mol. The van der Waals surface area contributed by atoms with Crippen LogP contribution in [0.4, 0.5) is 0 Å². The van der Waals surface area contributed by atoms with E-state index in [1.54, 1.807) is 11.8 Å². The van der Waals surface area contributed by atoms with Gasteiger partial charge in [0.1, 0.15) is 0 Å². The number of nitrogens with zero attached hydrogens (tertiary/aromatic N) is 2. The Morgan fingerprint density at radius 1 is 1.58 bits per heavy atom. The molecule has 12 heavy (non-hydrogen) atoms. The number of aryl methyl sites for hydroxylation is 2. The summed E-state index contributed by atoms with van der Waals surface area (Å²) in [4.78, 5) is 0. The Balaban J connectivity index is 3.04. The fourth-order valence-electron chi connectivity index (χ4n) is 1.37. The van der Waals surface area contributed by atoms with Gasteiger partial charge in [-0.25, -0.2) is 0 Å². The van der Waals surface area contributed by atoms with Crippen molar-refractivity contribution in [1.29, 1.82) is 0 Å². The highest BCUT2D eigenvalue weighted by Gasteiger charge is 2.10. The van der Waals surface area contributed by atoms with E-state index in [-0.39, 0.29) is 0 Å². The maximum atomic E-state index is 5.52. The number of thioether (sulfide) groups is 1. The highest BCUT2D eigenvalue weighted by atomic mass is 32.2. The normalized spacial score (nSPS) is 10.7. The Bertz CT molecular complexity index is 268. The van der Waals surface area contributed by atoms with Gasteiger partial charge in [0.25, 0.3) is 0 Å². The minimum absolute atomic E-state index is 0.695. The van der Waals surface area contributed by atoms with Gasteiger partial charge in [0.2, 0.25) is 0 Å². The quantitative estimate of drug-likeness (QED) is 0.713. The summed E-state index contributed by atoms with van der Waals surface area (Å²) in [6.07, 6.45) is 2.99. The molecule has 0 saturated heterocycles. The maximum absolute atomic E-state index is 5.52. The van der Waals surface area contributed by atoms with Crippen molar-refractivity contribution in [2.75, 3.05) is 12.8 Å². The first-order valence-electron chi connectivity index (χ1n) is 3.97. The van der Waals surface area contributed by atoms with Crippen LogP contribution >= 0.6 is 11.8 Å². The lowest BCUT2D eigenvalue weighted by Crippen LogP contribution is -2.04. The van der Waals surface area contributed by atoms with Crippen LogP contribution in [0, 0.1) is 6.92 Å². The summed E-state index contributed by atoms with van der Waals surface area (Å²) in [5, 5.41) is 5.57. The summed E-state index contributed by atoms with van der Waals surface area (Å²) >= 11 is 1.73. The highest BCUT2D eigenvalue weighted by molar-refractivity contribution is 7.98. The number of hydrogen-bond acceptors (Lipinski definition) is 3. The molecule has 0 spiro atoms. The molecule has 1 rings (SSSR count). The molecular formula is C8H15N3S. The highest BCUT2D eigenvalue weighted by Crippen LogP contribution is 2.22. The number of nitrogens with two attached hydrogens (primary N) is 1. The third kappa shape index (κ3) is 1.64. The van der Waals surface area contributed by atoms with Gasteiger partial charge < -0.3 is 5.73 Å². The van der Waals surface area contributed by atoms with Crippen molar-refractivity contribution in [1.82, 2.24) is 9.78 Å². The lowest BCUT2D eigenvalue weighted by atomic mass is 10.2. The van der Waals surface area contributed by atoms with E-state index in [2.05, 4.69) is 11.4 Å². The molecule has 0 radical (unpaired) electrons. The van der Waals surface area contributed by atoms with Crippen LogP contribution in [0.3, 0.4) is 0 Å². The number of aromatic nitrogens is 2. The van der Waals surface area contributed by atoms with Crippen molar-refractivity contribution >= 4 is 11.8 Å². The van der Waals surface area contributed by atoms with Gasteiger partial charge in [-0.15, -0.1) is 11.8 Å². The van der Waals surface area contributed by atoms with E-state index < -0.39 is 0 Å². The van der Waals surface area contributed by atoms with E-state index in [0.29, 0.717) is 6.54 Å². The van der Waals surface area contributed by atoms with Crippen LogP contribution < -0.4 is 5.73 Å². The standard InChI is InChI=1S/C8H15N3S/c1-6-7(4-5-9)8(12-3)11(2)10-6/h4-5,9H2,1-3H3. The molecule has 0 bridgehead atoms. The van der Waals surface area contributed by atoms with Crippen LogP contribution in [0.15, 0.2) is 5.03 Å². The Labute approximate surface area is 77.3 Å². The molecule has 68 valence electrons. The molecule has 0 aromatic carbocycles. The summed E-state index contributed by atoms with van der Waals surface area (Å²) in [6, 6.07) is 0. The van der Waals surface area contributed by atoms with Gasteiger partial charge in [-0.1, -0.05) is 0 Å². The zero-order chi connectivity index (χ0) is 9.14. The predicted octanol–water partition coefficient (Wildman–Crippen LogP) is 0.952. The fourth-order valence-corrected chi connectivity index (χ4v) is 2.17. The molecule has 0 aliphatic rings. The lowest BCUT2D eigenvalue weighted by molar-refractivity contribution is 0.689. The molecule has 1 heterocycles. The second-order valence-corrected chi connectivity index (χ2v) is 3.53. The van der Waals surface area contributed by atoms with Crippen molar-refractivity contribution in [3.63, 3.8) is 0 Å². The molecule has 3 nitrogen and oxygen atoms in total. The zero-order valence-electron chi connectivity index (χ0n) is 7.79. The molecule has 2 N–H and O–H groups in total. The van der Waals surface area contributed by atoms with Crippen LogP contribution in [0.2, 0.25) is 0 Å². The Kier molecular flexibility index (Phi) is 3.17. The monoisotopic (exact) mass is 185 g/mol. The van der Waals surface area contributed by atoms with E-state index in [0.717, 1.165) is 12.1 Å². The van der Waals surface area contributed by atoms with Gasteiger partial charge in [0.15, 0.2) is 0 Å². The van der Waals surface area contributed by atoms with Crippen LogP contribution in [0.5, 0.6) is 0 Å².